The second-order valence-electron chi connectivity index (χ2n) is 16.6. The van der Waals surface area contributed by atoms with Crippen molar-refractivity contribution in [3.05, 3.63) is 71.0 Å². The lowest BCUT2D eigenvalue weighted by atomic mass is 9.99. The Hall–Kier alpha value is -5.76. The van der Waals surface area contributed by atoms with Crippen LogP contribution >= 0.6 is 0 Å². The molecule has 5 aliphatic heterocycles. The standard InChI is InChI=1S/C41H44F3N9O5/c1-40(2,39(58)47-27-6-5-26(17-45)33(15-27)41(42,43)44)52-23-30(18-46-52)49-13-11-28(12-14-49)50-19-24-3-4-25(20-50)22-51(21-24)29-7-8-31-32(16-29)38(57)53(37(31)56)34-9-10-35(54)48-36(34)55/h5-8,15-16,18,23-25,28,34H,3-4,9-14,19-22H2,1-2H3,(H,47,58)(H,48,54,55). The number of piperidine rings is 2. The smallest absolute Gasteiger partial charge is 0.371 e. The van der Waals surface area contributed by atoms with E-state index in [9.17, 15) is 37.1 Å². The van der Waals surface area contributed by atoms with Crippen LogP contribution in [0, 0.1) is 23.2 Å². The Kier molecular flexibility index (Phi) is 10.0. The van der Waals surface area contributed by atoms with E-state index in [0.717, 1.165) is 93.4 Å². The van der Waals surface area contributed by atoms with Crippen LogP contribution in [0.25, 0.3) is 0 Å². The molecule has 17 heteroatoms. The van der Waals surface area contributed by atoms with Gasteiger partial charge in [0.1, 0.15) is 11.6 Å². The van der Waals surface area contributed by atoms with Crippen molar-refractivity contribution in [2.75, 3.05) is 54.4 Å². The zero-order chi connectivity index (χ0) is 41.1. The molecule has 0 radical (unpaired) electrons. The van der Waals surface area contributed by atoms with Gasteiger partial charge in [0.15, 0.2) is 0 Å². The number of benzene rings is 2. The summed E-state index contributed by atoms with van der Waals surface area (Å²) in [5.74, 6) is -1.79. The second-order valence-corrected chi connectivity index (χ2v) is 16.6. The highest BCUT2D eigenvalue weighted by atomic mass is 19.4. The molecule has 3 atom stereocenters. The number of hydrogen-bond acceptors (Lipinski definition) is 10. The molecule has 6 heterocycles. The fourth-order valence-corrected chi connectivity index (χ4v) is 9.17. The van der Waals surface area contributed by atoms with Gasteiger partial charge in [-0.2, -0.15) is 23.5 Å². The van der Waals surface area contributed by atoms with E-state index in [2.05, 4.69) is 30.4 Å². The van der Waals surface area contributed by atoms with Gasteiger partial charge in [-0.1, -0.05) is 0 Å². The van der Waals surface area contributed by atoms with Crippen LogP contribution in [0.1, 0.15) is 84.2 Å². The predicted octanol–water partition coefficient (Wildman–Crippen LogP) is 4.37. The third-order valence-electron chi connectivity index (χ3n) is 12.5. The fourth-order valence-electron chi connectivity index (χ4n) is 9.17. The van der Waals surface area contributed by atoms with Crippen molar-refractivity contribution < 1.29 is 37.1 Å². The van der Waals surface area contributed by atoms with Crippen LogP contribution < -0.4 is 20.4 Å². The highest BCUT2D eigenvalue weighted by molar-refractivity contribution is 6.23. The molecule has 3 unspecified atom stereocenters. The molecule has 1 aromatic heterocycles. The van der Waals surface area contributed by atoms with Crippen molar-refractivity contribution in [2.24, 2.45) is 11.8 Å². The summed E-state index contributed by atoms with van der Waals surface area (Å²) >= 11 is 0. The molecule has 3 aromatic rings. The summed E-state index contributed by atoms with van der Waals surface area (Å²) in [5, 5.41) is 18.4. The van der Waals surface area contributed by atoms with E-state index in [0.29, 0.717) is 23.4 Å². The molecular formula is C41H44F3N9O5. The SMILES string of the molecule is CC(C)(C(=O)Nc1ccc(C#N)c(C(F)(F)F)c1)n1cc(N2CCC(N3CC4CCC(CN(c5ccc6c(c5)C(=O)N(C5CCC(=O)NC5=O)C6=O)C4)C3)CC2)cn1. The molecule has 8 rings (SSSR count). The molecule has 5 aliphatic rings. The number of carbonyl (C=O) groups excluding carboxylic acids is 5. The van der Waals surface area contributed by atoms with Crippen LogP contribution in [0.3, 0.4) is 0 Å². The number of likely N-dealkylation sites (tertiary alicyclic amines) is 1. The van der Waals surface area contributed by atoms with Crippen molar-refractivity contribution >= 4 is 46.6 Å². The number of rotatable bonds is 7. The number of nitriles is 1. The van der Waals surface area contributed by atoms with Crippen LogP contribution in [0.2, 0.25) is 0 Å². The quantitative estimate of drug-likeness (QED) is 0.329. The number of hydrogen-bond donors (Lipinski definition) is 2. The van der Waals surface area contributed by atoms with Crippen LogP contribution in [0.15, 0.2) is 48.8 Å². The molecule has 0 spiro atoms. The number of fused-ring (bicyclic) bond motifs is 4. The van der Waals surface area contributed by atoms with Gasteiger partial charge in [-0.25, -0.2) is 0 Å². The Morgan fingerprint density at radius 3 is 2.21 bits per heavy atom. The first-order chi connectivity index (χ1) is 27.6. The van der Waals surface area contributed by atoms with Crippen molar-refractivity contribution in [3.8, 4) is 6.07 Å². The van der Waals surface area contributed by atoms with Crippen LogP contribution in [-0.4, -0.2) is 100 Å². The molecule has 0 aliphatic carbocycles. The highest BCUT2D eigenvalue weighted by Gasteiger charge is 2.45. The Morgan fingerprint density at radius 1 is 0.862 bits per heavy atom. The van der Waals surface area contributed by atoms with E-state index in [1.807, 2.05) is 6.07 Å². The molecule has 0 saturated carbocycles. The van der Waals surface area contributed by atoms with E-state index >= 15 is 0 Å². The van der Waals surface area contributed by atoms with Crippen LogP contribution in [-0.2, 0) is 26.1 Å². The van der Waals surface area contributed by atoms with E-state index in [1.54, 1.807) is 44.4 Å². The normalized spacial score (nSPS) is 23.4. The molecule has 5 amide bonds. The maximum Gasteiger partial charge on any atom is 0.417 e. The topological polar surface area (TPSA) is 164 Å². The van der Waals surface area contributed by atoms with E-state index in [1.165, 1.54) is 10.7 Å². The maximum absolute atomic E-state index is 13.5. The first-order valence-corrected chi connectivity index (χ1v) is 19.7. The van der Waals surface area contributed by atoms with Crippen molar-refractivity contribution in [1.82, 2.24) is 24.9 Å². The summed E-state index contributed by atoms with van der Waals surface area (Å²) < 4.78 is 42.0. The minimum atomic E-state index is -4.75. The predicted molar refractivity (Wildman–Crippen MR) is 205 cm³/mol. The van der Waals surface area contributed by atoms with Crippen LogP contribution in [0.4, 0.5) is 30.2 Å². The Bertz CT molecular complexity index is 2210. The van der Waals surface area contributed by atoms with E-state index in [4.69, 9.17) is 5.26 Å². The Balaban J connectivity index is 0.870. The number of aromatic nitrogens is 2. The monoisotopic (exact) mass is 799 g/mol. The molecule has 4 fully saturated rings. The molecule has 14 nitrogen and oxygen atoms in total. The number of halogens is 3. The number of anilines is 3. The van der Waals surface area contributed by atoms with Gasteiger partial charge in [0.2, 0.25) is 11.8 Å². The number of carbonyl (C=O) groups is 5. The summed E-state index contributed by atoms with van der Waals surface area (Å²) in [6.45, 7) is 8.41. The van der Waals surface area contributed by atoms with Gasteiger partial charge in [-0.05, 0) is 94.2 Å². The maximum atomic E-state index is 13.5. The number of amides is 5. The summed E-state index contributed by atoms with van der Waals surface area (Å²) in [6, 6.07) is 9.39. The third kappa shape index (κ3) is 7.29. The summed E-state index contributed by atoms with van der Waals surface area (Å²) in [4.78, 5) is 72.5. The zero-order valence-corrected chi connectivity index (χ0v) is 32.2. The lowest BCUT2D eigenvalue weighted by Crippen LogP contribution is -2.54. The van der Waals surface area contributed by atoms with Gasteiger partial charge in [0.25, 0.3) is 17.7 Å². The Labute approximate surface area is 332 Å². The second kappa shape index (κ2) is 14.9. The number of imide groups is 2. The molecule has 2 bridgehead atoms. The minimum absolute atomic E-state index is 0.0679. The lowest BCUT2D eigenvalue weighted by Gasteiger charge is -2.43. The summed E-state index contributed by atoms with van der Waals surface area (Å²) in [6.07, 6.45) is 3.02. The Morgan fingerprint density at radius 2 is 1.55 bits per heavy atom. The van der Waals surface area contributed by atoms with Crippen LogP contribution in [0.5, 0.6) is 0 Å². The van der Waals surface area contributed by atoms with Gasteiger partial charge in [0.05, 0.1) is 40.2 Å². The average molecular weight is 800 g/mol. The van der Waals surface area contributed by atoms with Gasteiger partial charge in [0, 0.05) is 69.3 Å². The van der Waals surface area contributed by atoms with Gasteiger partial charge in [-0.3, -0.25) is 43.8 Å². The first-order valence-electron chi connectivity index (χ1n) is 19.7. The molecule has 58 heavy (non-hydrogen) atoms. The number of nitrogens with zero attached hydrogens (tertiary/aromatic N) is 7. The average Bonchev–Trinajstić information content (AvgIpc) is 3.63. The molecule has 304 valence electrons. The van der Waals surface area contributed by atoms with Crippen molar-refractivity contribution in [2.45, 2.75) is 76.2 Å². The zero-order valence-electron chi connectivity index (χ0n) is 32.2. The van der Waals surface area contributed by atoms with Crippen molar-refractivity contribution in [3.63, 3.8) is 0 Å². The lowest BCUT2D eigenvalue weighted by molar-refractivity contribution is -0.138. The van der Waals surface area contributed by atoms with Gasteiger partial charge < -0.3 is 15.1 Å². The van der Waals surface area contributed by atoms with Gasteiger partial charge >= 0.3 is 6.18 Å². The fraction of sp³-hybridized carbons (Fsp3) is 0.488. The summed E-state index contributed by atoms with van der Waals surface area (Å²) in [7, 11) is 0. The highest BCUT2D eigenvalue weighted by Crippen LogP contribution is 2.37. The van der Waals surface area contributed by atoms with Gasteiger partial charge in [-0.15, -0.1) is 0 Å². The number of nitrogens with one attached hydrogen (secondary N) is 2. The van der Waals surface area contributed by atoms with Crippen molar-refractivity contribution in [1.29, 1.82) is 5.26 Å². The minimum Gasteiger partial charge on any atom is -0.371 e. The molecule has 2 N–H and O–H groups in total. The molecular weight excluding hydrogens is 756 g/mol. The van der Waals surface area contributed by atoms with E-state index < -0.39 is 58.4 Å². The molecule has 4 saturated heterocycles. The summed E-state index contributed by atoms with van der Waals surface area (Å²) in [5.41, 5.74) is -0.630. The third-order valence-corrected chi connectivity index (χ3v) is 12.5. The molecule has 2 aromatic carbocycles. The number of alkyl halides is 3. The largest absolute Gasteiger partial charge is 0.417 e. The van der Waals surface area contributed by atoms with E-state index in [-0.39, 0.29) is 24.1 Å². The first kappa shape index (κ1) is 39.1.